The van der Waals surface area contributed by atoms with E-state index in [-0.39, 0.29) is 19.4 Å². The summed E-state index contributed by atoms with van der Waals surface area (Å²) in [7, 11) is 1.11. The second kappa shape index (κ2) is 4.94. The molecule has 0 aromatic rings. The molecule has 2 aliphatic rings. The Kier molecular flexibility index (Phi) is 3.70. The molecule has 2 heterocycles. The van der Waals surface area contributed by atoms with Crippen molar-refractivity contribution in [2.75, 3.05) is 13.7 Å². The highest BCUT2D eigenvalue weighted by Gasteiger charge is 2.76. The van der Waals surface area contributed by atoms with Crippen molar-refractivity contribution in [3.63, 3.8) is 0 Å². The maximum atomic E-state index is 12.4. The molecule has 0 aromatic heterocycles. The van der Waals surface area contributed by atoms with Gasteiger partial charge < -0.3 is 24.1 Å². The smallest absolute Gasteiger partial charge is 0.346 e. The van der Waals surface area contributed by atoms with E-state index in [1.54, 1.807) is 13.0 Å². The quantitative estimate of drug-likeness (QED) is 0.555. The number of fused-ring (bicyclic) bond motifs is 2. The molecular formula is C13H17NO7. The van der Waals surface area contributed by atoms with Crippen molar-refractivity contribution in [3.05, 3.63) is 0 Å². The summed E-state index contributed by atoms with van der Waals surface area (Å²) in [5.74, 6) is -3.20. The van der Waals surface area contributed by atoms with Crippen molar-refractivity contribution in [1.82, 2.24) is 0 Å². The van der Waals surface area contributed by atoms with Crippen LogP contribution in [0.25, 0.3) is 0 Å². The maximum Gasteiger partial charge on any atom is 0.346 e. The molecule has 1 N–H and O–H groups in total. The Labute approximate surface area is 121 Å². The van der Waals surface area contributed by atoms with Gasteiger partial charge in [-0.05, 0) is 20.3 Å². The van der Waals surface area contributed by atoms with Crippen molar-refractivity contribution in [1.29, 1.82) is 5.26 Å². The number of hydrogen-bond donors (Lipinski definition) is 1. The van der Waals surface area contributed by atoms with Crippen LogP contribution in [0.5, 0.6) is 0 Å². The highest BCUT2D eigenvalue weighted by Crippen LogP contribution is 2.52. The predicted molar refractivity (Wildman–Crippen MR) is 65.5 cm³/mol. The predicted octanol–water partition coefficient (Wildman–Crippen LogP) is -0.359. The first-order chi connectivity index (χ1) is 9.78. The number of aliphatic hydroxyl groups is 1. The van der Waals surface area contributed by atoms with Crippen LogP contribution in [0.4, 0.5) is 0 Å². The van der Waals surface area contributed by atoms with E-state index < -0.39 is 35.0 Å². The zero-order valence-electron chi connectivity index (χ0n) is 12.0. The van der Waals surface area contributed by atoms with Crippen LogP contribution in [0.1, 0.15) is 26.7 Å². The normalized spacial score (nSPS) is 41.2. The largest absolute Gasteiger partial charge is 0.467 e. The number of nitriles is 1. The van der Waals surface area contributed by atoms with Crippen LogP contribution in [-0.4, -0.2) is 53.9 Å². The van der Waals surface area contributed by atoms with Crippen molar-refractivity contribution in [2.45, 2.75) is 49.8 Å². The summed E-state index contributed by atoms with van der Waals surface area (Å²) in [6.07, 6.45) is -1.52. The van der Waals surface area contributed by atoms with Crippen molar-refractivity contribution >= 4 is 11.9 Å². The number of hydrogen-bond acceptors (Lipinski definition) is 8. The molecule has 21 heavy (non-hydrogen) atoms. The third kappa shape index (κ3) is 2.00. The number of methoxy groups -OCH3 is 1. The molecule has 2 saturated heterocycles. The first-order valence-electron chi connectivity index (χ1n) is 6.55. The molecule has 2 bridgehead atoms. The summed E-state index contributed by atoms with van der Waals surface area (Å²) in [6.45, 7) is 3.09. The standard InChI is InChI=1S/C13H17NO7/c1-4-19-10(16)13-8(9(15)18-3)20-11(2,21-13)5-6-12(13,17)7-14/h8,17H,4-6H2,1-3H3/t8-,11-,12-,13+/m1/s1. The van der Waals surface area contributed by atoms with Gasteiger partial charge in [-0.2, -0.15) is 5.26 Å². The fraction of sp³-hybridized carbons (Fsp3) is 0.769. The fourth-order valence-electron chi connectivity index (χ4n) is 2.77. The first kappa shape index (κ1) is 15.7. The van der Waals surface area contributed by atoms with Gasteiger partial charge in [0.15, 0.2) is 11.4 Å². The van der Waals surface area contributed by atoms with E-state index in [4.69, 9.17) is 14.2 Å². The van der Waals surface area contributed by atoms with Gasteiger partial charge in [-0.1, -0.05) is 0 Å². The summed E-state index contributed by atoms with van der Waals surface area (Å²) < 4.78 is 20.6. The summed E-state index contributed by atoms with van der Waals surface area (Å²) in [5, 5.41) is 19.9. The van der Waals surface area contributed by atoms with Gasteiger partial charge in [-0.3, -0.25) is 0 Å². The Hall–Kier alpha value is -1.69. The summed E-state index contributed by atoms with van der Waals surface area (Å²) in [4.78, 5) is 24.3. The summed E-state index contributed by atoms with van der Waals surface area (Å²) >= 11 is 0. The lowest BCUT2D eigenvalue weighted by Gasteiger charge is -2.42. The average molecular weight is 299 g/mol. The molecular weight excluding hydrogens is 282 g/mol. The molecule has 116 valence electrons. The van der Waals surface area contributed by atoms with Gasteiger partial charge in [-0.15, -0.1) is 0 Å². The van der Waals surface area contributed by atoms with E-state index in [1.807, 2.05) is 0 Å². The van der Waals surface area contributed by atoms with E-state index in [9.17, 15) is 20.0 Å². The minimum Gasteiger partial charge on any atom is -0.467 e. The monoisotopic (exact) mass is 299 g/mol. The molecule has 0 radical (unpaired) electrons. The number of nitrogens with zero attached hydrogens (tertiary/aromatic N) is 1. The molecule has 8 nitrogen and oxygen atoms in total. The SMILES string of the molecule is CCOC(=O)[C@]12O[C@](C)(CC[C@@]1(O)C#N)O[C@@H]2C(=O)OC. The van der Waals surface area contributed by atoms with E-state index in [0.29, 0.717) is 0 Å². The molecule has 2 aliphatic heterocycles. The molecule has 4 atom stereocenters. The molecule has 0 aliphatic carbocycles. The van der Waals surface area contributed by atoms with E-state index in [1.165, 1.54) is 6.92 Å². The maximum absolute atomic E-state index is 12.4. The molecule has 8 heteroatoms. The van der Waals surface area contributed by atoms with Gasteiger partial charge in [0, 0.05) is 6.42 Å². The molecule has 0 amide bonds. The number of carbonyl (C=O) groups excluding carboxylic acids is 2. The number of ether oxygens (including phenoxy) is 4. The van der Waals surface area contributed by atoms with Crippen molar-refractivity contribution in [2.24, 2.45) is 0 Å². The molecule has 2 fully saturated rings. The van der Waals surface area contributed by atoms with E-state index >= 15 is 0 Å². The van der Waals surface area contributed by atoms with Crippen LogP contribution in [0.15, 0.2) is 0 Å². The van der Waals surface area contributed by atoms with Gasteiger partial charge in [0.2, 0.25) is 11.7 Å². The van der Waals surface area contributed by atoms with Crippen LogP contribution >= 0.6 is 0 Å². The van der Waals surface area contributed by atoms with Gasteiger partial charge >= 0.3 is 11.9 Å². The second-order valence-corrected chi connectivity index (χ2v) is 5.19. The third-order valence-electron chi connectivity index (χ3n) is 3.85. The average Bonchev–Trinajstić information content (AvgIpc) is 2.75. The summed E-state index contributed by atoms with van der Waals surface area (Å²) in [6, 6.07) is 1.66. The van der Waals surface area contributed by atoms with Crippen LogP contribution in [0.2, 0.25) is 0 Å². The second-order valence-electron chi connectivity index (χ2n) is 5.19. The highest BCUT2D eigenvalue weighted by atomic mass is 16.8. The highest BCUT2D eigenvalue weighted by molar-refractivity contribution is 5.92. The van der Waals surface area contributed by atoms with Crippen molar-refractivity contribution in [3.8, 4) is 6.07 Å². The molecule has 0 unspecified atom stereocenters. The van der Waals surface area contributed by atoms with Crippen LogP contribution in [0.3, 0.4) is 0 Å². The summed E-state index contributed by atoms with van der Waals surface area (Å²) in [5.41, 5.74) is -4.49. The van der Waals surface area contributed by atoms with Gasteiger partial charge in [0.25, 0.3) is 0 Å². The molecule has 0 aromatic carbocycles. The van der Waals surface area contributed by atoms with Gasteiger partial charge in [-0.25, -0.2) is 9.59 Å². The Balaban J connectivity index is 2.59. The Morgan fingerprint density at radius 1 is 1.48 bits per heavy atom. The van der Waals surface area contributed by atoms with Crippen LogP contribution < -0.4 is 0 Å². The Morgan fingerprint density at radius 2 is 2.14 bits per heavy atom. The first-order valence-corrected chi connectivity index (χ1v) is 6.55. The lowest BCUT2D eigenvalue weighted by Crippen LogP contribution is -2.68. The molecule has 0 saturated carbocycles. The molecule has 2 rings (SSSR count). The number of esters is 2. The lowest BCUT2D eigenvalue weighted by atomic mass is 9.74. The molecule has 0 spiro atoms. The van der Waals surface area contributed by atoms with Gasteiger partial charge in [0.1, 0.15) is 6.07 Å². The minimum atomic E-state index is -2.25. The topological polar surface area (TPSA) is 115 Å². The zero-order chi connectivity index (χ0) is 15.9. The Bertz CT molecular complexity index is 515. The fourth-order valence-corrected chi connectivity index (χ4v) is 2.77. The van der Waals surface area contributed by atoms with Crippen LogP contribution in [0, 0.1) is 11.3 Å². The number of rotatable bonds is 3. The van der Waals surface area contributed by atoms with Crippen molar-refractivity contribution < 1.29 is 33.6 Å². The van der Waals surface area contributed by atoms with E-state index in [0.717, 1.165) is 7.11 Å². The minimum absolute atomic E-state index is 0.00391. The van der Waals surface area contributed by atoms with E-state index in [2.05, 4.69) is 4.74 Å². The number of carbonyl (C=O) groups is 2. The third-order valence-corrected chi connectivity index (χ3v) is 3.85. The van der Waals surface area contributed by atoms with Gasteiger partial charge in [0.05, 0.1) is 13.7 Å². The van der Waals surface area contributed by atoms with Crippen LogP contribution in [-0.2, 0) is 28.5 Å². The Morgan fingerprint density at radius 3 is 2.67 bits per heavy atom. The zero-order valence-corrected chi connectivity index (χ0v) is 12.0. The lowest BCUT2D eigenvalue weighted by molar-refractivity contribution is -0.252.